The SMILES string of the molecule is CNC(=O)C(NC)c1ccc2c(c1)N(C)C(=O)CO2. The molecule has 6 heteroatoms. The Morgan fingerprint density at radius 1 is 1.42 bits per heavy atom. The molecule has 0 bridgehead atoms. The zero-order chi connectivity index (χ0) is 14.0. The van der Waals surface area contributed by atoms with E-state index in [4.69, 9.17) is 4.74 Å². The van der Waals surface area contributed by atoms with E-state index >= 15 is 0 Å². The van der Waals surface area contributed by atoms with Crippen molar-refractivity contribution in [3.63, 3.8) is 0 Å². The highest BCUT2D eigenvalue weighted by Gasteiger charge is 2.25. The van der Waals surface area contributed by atoms with Gasteiger partial charge >= 0.3 is 0 Å². The van der Waals surface area contributed by atoms with Crippen molar-refractivity contribution in [1.29, 1.82) is 0 Å². The van der Waals surface area contributed by atoms with Crippen LogP contribution in [0.3, 0.4) is 0 Å². The number of ether oxygens (including phenoxy) is 1. The molecule has 102 valence electrons. The molecule has 19 heavy (non-hydrogen) atoms. The van der Waals surface area contributed by atoms with Crippen LogP contribution >= 0.6 is 0 Å². The molecule has 1 aliphatic rings. The number of nitrogens with zero attached hydrogens (tertiary/aromatic N) is 1. The third-order valence-corrected chi connectivity index (χ3v) is 3.20. The summed E-state index contributed by atoms with van der Waals surface area (Å²) >= 11 is 0. The van der Waals surface area contributed by atoms with Crippen molar-refractivity contribution in [1.82, 2.24) is 10.6 Å². The van der Waals surface area contributed by atoms with Gasteiger partial charge in [-0.3, -0.25) is 9.59 Å². The number of hydrogen-bond acceptors (Lipinski definition) is 4. The molecule has 0 fully saturated rings. The Morgan fingerprint density at radius 2 is 2.16 bits per heavy atom. The number of likely N-dealkylation sites (N-methyl/N-ethyl adjacent to an activating group) is 3. The minimum atomic E-state index is -0.458. The van der Waals surface area contributed by atoms with Gasteiger partial charge in [-0.25, -0.2) is 0 Å². The summed E-state index contributed by atoms with van der Waals surface area (Å²) < 4.78 is 5.35. The summed E-state index contributed by atoms with van der Waals surface area (Å²) in [5.74, 6) is 0.413. The molecule has 0 aliphatic carbocycles. The van der Waals surface area contributed by atoms with Crippen LogP contribution < -0.4 is 20.3 Å². The van der Waals surface area contributed by atoms with E-state index in [0.717, 1.165) is 5.56 Å². The van der Waals surface area contributed by atoms with E-state index in [-0.39, 0.29) is 18.4 Å². The van der Waals surface area contributed by atoms with Crippen LogP contribution in [0.1, 0.15) is 11.6 Å². The van der Waals surface area contributed by atoms with E-state index < -0.39 is 6.04 Å². The molecular formula is C13H17N3O3. The first-order valence-electron chi connectivity index (χ1n) is 6.00. The molecule has 1 heterocycles. The zero-order valence-corrected chi connectivity index (χ0v) is 11.2. The van der Waals surface area contributed by atoms with E-state index in [1.54, 1.807) is 38.2 Å². The Labute approximate surface area is 111 Å². The van der Waals surface area contributed by atoms with Gasteiger partial charge < -0.3 is 20.3 Å². The molecule has 2 N–H and O–H groups in total. The van der Waals surface area contributed by atoms with Crippen molar-refractivity contribution >= 4 is 17.5 Å². The fourth-order valence-electron chi connectivity index (χ4n) is 2.06. The van der Waals surface area contributed by atoms with Crippen LogP contribution in [0.15, 0.2) is 18.2 Å². The average molecular weight is 263 g/mol. The maximum absolute atomic E-state index is 11.8. The fraction of sp³-hybridized carbons (Fsp3) is 0.385. The van der Waals surface area contributed by atoms with E-state index in [0.29, 0.717) is 11.4 Å². The molecule has 0 saturated carbocycles. The van der Waals surface area contributed by atoms with Gasteiger partial charge in [-0.05, 0) is 24.7 Å². The van der Waals surface area contributed by atoms with Crippen LogP contribution in [0.2, 0.25) is 0 Å². The number of carbonyl (C=O) groups is 2. The van der Waals surface area contributed by atoms with Gasteiger partial charge in [0.05, 0.1) is 5.69 Å². The lowest BCUT2D eigenvalue weighted by atomic mass is 10.0. The topological polar surface area (TPSA) is 70.7 Å². The summed E-state index contributed by atoms with van der Waals surface area (Å²) in [7, 11) is 5.00. The van der Waals surface area contributed by atoms with Crippen LogP contribution in [0.25, 0.3) is 0 Å². The minimum Gasteiger partial charge on any atom is -0.482 e. The van der Waals surface area contributed by atoms with Crippen LogP contribution in [0, 0.1) is 0 Å². The van der Waals surface area contributed by atoms with Crippen molar-refractivity contribution in [2.24, 2.45) is 0 Å². The third-order valence-electron chi connectivity index (χ3n) is 3.20. The number of rotatable bonds is 3. The summed E-state index contributed by atoms with van der Waals surface area (Å²) in [6.07, 6.45) is 0. The molecule has 1 aromatic carbocycles. The van der Waals surface area contributed by atoms with Gasteiger partial charge in [0, 0.05) is 14.1 Å². The lowest BCUT2D eigenvalue weighted by Gasteiger charge is -2.27. The molecule has 1 unspecified atom stereocenters. The Balaban J connectivity index is 2.39. The standard InChI is InChI=1S/C13H17N3O3/c1-14-12(13(18)15-2)8-4-5-10-9(6-8)16(3)11(17)7-19-10/h4-6,12,14H,7H2,1-3H3,(H,15,18). The second kappa shape index (κ2) is 5.27. The van der Waals surface area contributed by atoms with Gasteiger partial charge in [0.2, 0.25) is 5.91 Å². The maximum atomic E-state index is 11.8. The van der Waals surface area contributed by atoms with E-state index in [1.165, 1.54) is 0 Å². The van der Waals surface area contributed by atoms with Crippen molar-refractivity contribution in [2.75, 3.05) is 32.6 Å². The Morgan fingerprint density at radius 3 is 2.79 bits per heavy atom. The smallest absolute Gasteiger partial charge is 0.264 e. The summed E-state index contributed by atoms with van der Waals surface area (Å²) in [6.45, 7) is 0.0494. The van der Waals surface area contributed by atoms with Crippen LogP contribution in [0.5, 0.6) is 5.75 Å². The summed E-state index contributed by atoms with van der Waals surface area (Å²) in [6, 6.07) is 4.93. The van der Waals surface area contributed by atoms with E-state index in [2.05, 4.69) is 10.6 Å². The largest absolute Gasteiger partial charge is 0.482 e. The molecule has 1 aromatic rings. The van der Waals surface area contributed by atoms with Gasteiger partial charge in [0.25, 0.3) is 5.91 Å². The minimum absolute atomic E-state index is 0.0494. The third kappa shape index (κ3) is 2.39. The second-order valence-electron chi connectivity index (χ2n) is 4.30. The normalized spacial score (nSPS) is 15.5. The van der Waals surface area contributed by atoms with Crippen LogP contribution in [-0.2, 0) is 9.59 Å². The zero-order valence-electron chi connectivity index (χ0n) is 11.2. The number of nitrogens with one attached hydrogen (secondary N) is 2. The lowest BCUT2D eigenvalue weighted by molar-refractivity contribution is -0.122. The number of hydrogen-bond donors (Lipinski definition) is 2. The van der Waals surface area contributed by atoms with Gasteiger partial charge in [-0.2, -0.15) is 0 Å². The predicted octanol–water partition coefficient (Wildman–Crippen LogP) is 0.0483. The van der Waals surface area contributed by atoms with E-state index in [9.17, 15) is 9.59 Å². The van der Waals surface area contributed by atoms with Gasteiger partial charge in [-0.1, -0.05) is 6.07 Å². The van der Waals surface area contributed by atoms with Crippen molar-refractivity contribution in [3.8, 4) is 5.75 Å². The number of benzene rings is 1. The first-order chi connectivity index (χ1) is 9.08. The van der Waals surface area contributed by atoms with E-state index in [1.807, 2.05) is 6.07 Å². The number of anilines is 1. The average Bonchev–Trinajstić information content (AvgIpc) is 2.44. The summed E-state index contributed by atoms with van der Waals surface area (Å²) in [5.41, 5.74) is 1.46. The molecule has 1 aliphatic heterocycles. The van der Waals surface area contributed by atoms with Gasteiger partial charge in [0.1, 0.15) is 11.8 Å². The molecule has 0 spiro atoms. The highest BCUT2D eigenvalue weighted by molar-refractivity contribution is 5.97. The molecule has 0 saturated heterocycles. The molecule has 0 aromatic heterocycles. The highest BCUT2D eigenvalue weighted by atomic mass is 16.5. The summed E-state index contributed by atoms with van der Waals surface area (Å²) in [5, 5.41) is 5.55. The Kier molecular flexibility index (Phi) is 3.71. The van der Waals surface area contributed by atoms with Gasteiger partial charge in [-0.15, -0.1) is 0 Å². The molecule has 2 amide bonds. The van der Waals surface area contributed by atoms with Crippen LogP contribution in [-0.4, -0.2) is 39.6 Å². The highest BCUT2D eigenvalue weighted by Crippen LogP contribution is 2.33. The van der Waals surface area contributed by atoms with Gasteiger partial charge in [0.15, 0.2) is 6.61 Å². The summed E-state index contributed by atoms with van der Waals surface area (Å²) in [4.78, 5) is 24.9. The second-order valence-corrected chi connectivity index (χ2v) is 4.30. The Bertz CT molecular complexity index is 516. The fourth-order valence-corrected chi connectivity index (χ4v) is 2.06. The van der Waals surface area contributed by atoms with Crippen molar-refractivity contribution < 1.29 is 14.3 Å². The maximum Gasteiger partial charge on any atom is 0.264 e. The van der Waals surface area contributed by atoms with Crippen LogP contribution in [0.4, 0.5) is 5.69 Å². The number of carbonyl (C=O) groups excluding carboxylic acids is 2. The first-order valence-corrected chi connectivity index (χ1v) is 6.00. The molecule has 1 atom stereocenters. The monoisotopic (exact) mass is 263 g/mol. The first kappa shape index (κ1) is 13.4. The molecule has 2 rings (SSSR count). The number of amides is 2. The molecule has 6 nitrogen and oxygen atoms in total. The van der Waals surface area contributed by atoms with Crippen molar-refractivity contribution in [2.45, 2.75) is 6.04 Å². The molecular weight excluding hydrogens is 246 g/mol. The predicted molar refractivity (Wildman–Crippen MR) is 71.2 cm³/mol. The lowest BCUT2D eigenvalue weighted by Crippen LogP contribution is -2.36. The number of fused-ring (bicyclic) bond motifs is 1. The van der Waals surface area contributed by atoms with Crippen molar-refractivity contribution in [3.05, 3.63) is 23.8 Å². The Hall–Kier alpha value is -2.08. The quantitative estimate of drug-likeness (QED) is 0.808. The molecule has 0 radical (unpaired) electrons.